The van der Waals surface area contributed by atoms with Crippen molar-refractivity contribution >= 4 is 11.0 Å². The molecule has 1 atom stereocenters. The minimum atomic E-state index is 0.243. The van der Waals surface area contributed by atoms with Crippen molar-refractivity contribution in [3.63, 3.8) is 0 Å². The van der Waals surface area contributed by atoms with Gasteiger partial charge >= 0.3 is 0 Å². The number of likely N-dealkylation sites (N-methyl/N-ethyl adjacent to an activating group) is 1. The van der Waals surface area contributed by atoms with Crippen molar-refractivity contribution in [3.05, 3.63) is 66.2 Å². The van der Waals surface area contributed by atoms with Gasteiger partial charge in [-0.3, -0.25) is 4.98 Å². The van der Waals surface area contributed by atoms with Gasteiger partial charge in [0.1, 0.15) is 5.58 Å². The van der Waals surface area contributed by atoms with Gasteiger partial charge in [-0.2, -0.15) is 0 Å². The quantitative estimate of drug-likeness (QED) is 0.764. The molecule has 0 aliphatic heterocycles. The van der Waals surface area contributed by atoms with E-state index in [1.807, 2.05) is 30.7 Å². The van der Waals surface area contributed by atoms with Crippen LogP contribution in [0.2, 0.25) is 0 Å². The molecule has 2 aromatic heterocycles. The van der Waals surface area contributed by atoms with Crippen molar-refractivity contribution in [2.24, 2.45) is 0 Å². The molecule has 3 rings (SSSR count). The van der Waals surface area contributed by atoms with Crippen molar-refractivity contribution in [2.45, 2.75) is 19.4 Å². The first kappa shape index (κ1) is 12.9. The zero-order valence-corrected chi connectivity index (χ0v) is 11.5. The van der Waals surface area contributed by atoms with Crippen LogP contribution in [0.25, 0.3) is 11.0 Å². The summed E-state index contributed by atoms with van der Waals surface area (Å²) in [7, 11) is 0. The molecule has 0 spiro atoms. The highest BCUT2D eigenvalue weighted by Gasteiger charge is 2.16. The second-order valence-electron chi connectivity index (χ2n) is 4.86. The summed E-state index contributed by atoms with van der Waals surface area (Å²) in [5.74, 6) is 0. The van der Waals surface area contributed by atoms with Crippen LogP contribution in [0, 0.1) is 0 Å². The number of rotatable bonds is 5. The Morgan fingerprint density at radius 3 is 2.90 bits per heavy atom. The third-order valence-corrected chi connectivity index (χ3v) is 3.50. The summed E-state index contributed by atoms with van der Waals surface area (Å²) < 4.78 is 5.66. The fraction of sp³-hybridized carbons (Fsp3) is 0.235. The summed E-state index contributed by atoms with van der Waals surface area (Å²) in [5, 5.41) is 4.72. The molecular formula is C17H18N2O. The molecule has 0 bridgehead atoms. The number of hydrogen-bond acceptors (Lipinski definition) is 3. The van der Waals surface area contributed by atoms with Crippen LogP contribution in [-0.2, 0) is 6.42 Å². The standard InChI is InChI=1S/C17H18N2O/c1-2-19-16(10-13-6-5-9-18-11-13)15-12-20-17-8-4-3-7-14(15)17/h3-9,11-12,16,19H,2,10H2,1H3. The minimum Gasteiger partial charge on any atom is -0.464 e. The minimum absolute atomic E-state index is 0.243. The maximum atomic E-state index is 5.66. The summed E-state index contributed by atoms with van der Waals surface area (Å²) in [6, 6.07) is 12.5. The lowest BCUT2D eigenvalue weighted by molar-refractivity contribution is 0.535. The van der Waals surface area contributed by atoms with Crippen LogP contribution in [0.3, 0.4) is 0 Å². The number of nitrogens with zero attached hydrogens (tertiary/aromatic N) is 1. The van der Waals surface area contributed by atoms with Gasteiger partial charge in [-0.1, -0.05) is 31.2 Å². The number of pyridine rings is 1. The number of benzene rings is 1. The van der Waals surface area contributed by atoms with Crippen LogP contribution in [0.15, 0.2) is 59.5 Å². The fourth-order valence-corrected chi connectivity index (χ4v) is 2.56. The fourth-order valence-electron chi connectivity index (χ4n) is 2.56. The highest BCUT2D eigenvalue weighted by molar-refractivity contribution is 5.81. The largest absolute Gasteiger partial charge is 0.464 e. The van der Waals surface area contributed by atoms with Gasteiger partial charge in [-0.15, -0.1) is 0 Å². The second kappa shape index (κ2) is 5.88. The van der Waals surface area contributed by atoms with Gasteiger partial charge in [0.15, 0.2) is 0 Å². The molecule has 0 aliphatic carbocycles. The molecule has 0 aliphatic rings. The first-order valence-electron chi connectivity index (χ1n) is 6.97. The first-order chi connectivity index (χ1) is 9.88. The Hall–Kier alpha value is -2.13. The molecular weight excluding hydrogens is 248 g/mol. The van der Waals surface area contributed by atoms with Crippen molar-refractivity contribution in [1.82, 2.24) is 10.3 Å². The Morgan fingerprint density at radius 1 is 1.20 bits per heavy atom. The molecule has 3 heteroatoms. The summed E-state index contributed by atoms with van der Waals surface area (Å²) >= 11 is 0. The molecule has 2 heterocycles. The van der Waals surface area contributed by atoms with Crippen LogP contribution in [0.1, 0.15) is 24.1 Å². The number of nitrogens with one attached hydrogen (secondary N) is 1. The molecule has 3 aromatic rings. The zero-order chi connectivity index (χ0) is 13.8. The first-order valence-corrected chi connectivity index (χ1v) is 6.97. The van der Waals surface area contributed by atoms with E-state index in [1.165, 1.54) is 16.5 Å². The number of furan rings is 1. The zero-order valence-electron chi connectivity index (χ0n) is 11.5. The monoisotopic (exact) mass is 266 g/mol. The molecule has 102 valence electrons. The molecule has 0 saturated carbocycles. The van der Waals surface area contributed by atoms with Gasteiger partial charge < -0.3 is 9.73 Å². The van der Waals surface area contributed by atoms with E-state index in [-0.39, 0.29) is 6.04 Å². The normalized spacial score (nSPS) is 12.7. The number of para-hydroxylation sites is 1. The van der Waals surface area contributed by atoms with Crippen LogP contribution in [-0.4, -0.2) is 11.5 Å². The highest BCUT2D eigenvalue weighted by Crippen LogP contribution is 2.28. The molecule has 0 saturated heterocycles. The van der Waals surface area contributed by atoms with Crippen LogP contribution in [0.5, 0.6) is 0 Å². The molecule has 3 nitrogen and oxygen atoms in total. The molecule has 0 amide bonds. The molecule has 0 radical (unpaired) electrons. The van der Waals surface area contributed by atoms with Crippen LogP contribution >= 0.6 is 0 Å². The highest BCUT2D eigenvalue weighted by atomic mass is 16.3. The van der Waals surface area contributed by atoms with Crippen molar-refractivity contribution in [1.29, 1.82) is 0 Å². The van der Waals surface area contributed by atoms with Gasteiger partial charge in [0.25, 0.3) is 0 Å². The van der Waals surface area contributed by atoms with Gasteiger partial charge in [-0.05, 0) is 30.7 Å². The summed E-state index contributed by atoms with van der Waals surface area (Å²) in [4.78, 5) is 4.19. The third-order valence-electron chi connectivity index (χ3n) is 3.50. The maximum Gasteiger partial charge on any atom is 0.134 e. The van der Waals surface area contributed by atoms with E-state index in [1.54, 1.807) is 6.20 Å². The number of aromatic nitrogens is 1. The Bertz CT molecular complexity index is 676. The summed E-state index contributed by atoms with van der Waals surface area (Å²) in [6.07, 6.45) is 6.51. The van der Waals surface area contributed by atoms with Gasteiger partial charge in [0, 0.05) is 29.4 Å². The van der Waals surface area contributed by atoms with E-state index < -0.39 is 0 Å². The van der Waals surface area contributed by atoms with E-state index in [9.17, 15) is 0 Å². The molecule has 1 aromatic carbocycles. The molecule has 0 fully saturated rings. The van der Waals surface area contributed by atoms with Crippen molar-refractivity contribution in [3.8, 4) is 0 Å². The lowest BCUT2D eigenvalue weighted by Gasteiger charge is -2.16. The Morgan fingerprint density at radius 2 is 2.10 bits per heavy atom. The SMILES string of the molecule is CCNC(Cc1cccnc1)c1coc2ccccc12. The van der Waals surface area contributed by atoms with E-state index >= 15 is 0 Å². The Balaban J connectivity index is 1.94. The average molecular weight is 266 g/mol. The Kier molecular flexibility index (Phi) is 3.79. The predicted molar refractivity (Wildman–Crippen MR) is 80.6 cm³/mol. The van der Waals surface area contributed by atoms with Crippen LogP contribution < -0.4 is 5.32 Å². The topological polar surface area (TPSA) is 38.1 Å². The summed E-state index contributed by atoms with van der Waals surface area (Å²) in [5.41, 5.74) is 3.38. The molecule has 1 unspecified atom stereocenters. The van der Waals surface area contributed by atoms with Gasteiger partial charge in [-0.25, -0.2) is 0 Å². The lowest BCUT2D eigenvalue weighted by Crippen LogP contribution is -2.22. The van der Waals surface area contributed by atoms with Crippen molar-refractivity contribution in [2.75, 3.05) is 6.54 Å². The number of hydrogen-bond donors (Lipinski definition) is 1. The van der Waals surface area contributed by atoms with E-state index in [0.717, 1.165) is 18.5 Å². The maximum absolute atomic E-state index is 5.66. The van der Waals surface area contributed by atoms with E-state index in [0.29, 0.717) is 0 Å². The molecule has 20 heavy (non-hydrogen) atoms. The lowest BCUT2D eigenvalue weighted by atomic mass is 9.99. The van der Waals surface area contributed by atoms with Crippen molar-refractivity contribution < 1.29 is 4.42 Å². The van der Waals surface area contributed by atoms with E-state index in [2.05, 4.69) is 35.4 Å². The Labute approximate surface area is 118 Å². The number of fused-ring (bicyclic) bond motifs is 1. The van der Waals surface area contributed by atoms with Crippen LogP contribution in [0.4, 0.5) is 0 Å². The van der Waals surface area contributed by atoms with Gasteiger partial charge in [0.2, 0.25) is 0 Å². The smallest absolute Gasteiger partial charge is 0.134 e. The van der Waals surface area contributed by atoms with E-state index in [4.69, 9.17) is 4.42 Å². The predicted octanol–water partition coefficient (Wildman–Crippen LogP) is 3.72. The second-order valence-corrected chi connectivity index (χ2v) is 4.86. The summed E-state index contributed by atoms with van der Waals surface area (Å²) in [6.45, 7) is 3.04. The van der Waals surface area contributed by atoms with Gasteiger partial charge in [0.05, 0.1) is 6.26 Å². The molecule has 1 N–H and O–H groups in total. The third kappa shape index (κ3) is 2.58. The average Bonchev–Trinajstić information content (AvgIpc) is 2.92.